The van der Waals surface area contributed by atoms with E-state index in [4.69, 9.17) is 10.00 Å². The second-order valence-electron chi connectivity index (χ2n) is 7.45. The zero-order valence-corrected chi connectivity index (χ0v) is 17.1. The highest BCUT2D eigenvalue weighted by atomic mass is 16.5. The topological polar surface area (TPSA) is 68.6 Å². The minimum absolute atomic E-state index is 0.0412. The standard InChI is InChI=1S/C23H28N4O2/c1-26(2)23(28)25-22-5-3-14-27(22)15-4-16-29-21-12-10-20(11-13-21)19-8-6-18(17-24)7-9-19/h6-13,22H,3-5,14-16H2,1-2H3,(H,25,28). The summed E-state index contributed by atoms with van der Waals surface area (Å²) in [6.45, 7) is 2.56. The first-order valence-electron chi connectivity index (χ1n) is 10.0. The molecular weight excluding hydrogens is 364 g/mol. The fraction of sp³-hybridized carbons (Fsp3) is 0.391. The molecular formula is C23H28N4O2. The molecule has 1 aliphatic heterocycles. The molecule has 1 saturated heterocycles. The lowest BCUT2D eigenvalue weighted by molar-refractivity contribution is 0.175. The molecule has 2 aromatic carbocycles. The van der Waals surface area contributed by atoms with Crippen molar-refractivity contribution in [1.82, 2.24) is 15.1 Å². The lowest BCUT2D eigenvalue weighted by Crippen LogP contribution is -2.48. The molecule has 6 heteroatoms. The van der Waals surface area contributed by atoms with Gasteiger partial charge in [-0.25, -0.2) is 4.79 Å². The summed E-state index contributed by atoms with van der Waals surface area (Å²) in [5.41, 5.74) is 2.84. The fourth-order valence-electron chi connectivity index (χ4n) is 3.47. The summed E-state index contributed by atoms with van der Waals surface area (Å²) in [6, 6.07) is 17.7. The van der Waals surface area contributed by atoms with Gasteiger partial charge in [-0.3, -0.25) is 4.90 Å². The first-order valence-corrected chi connectivity index (χ1v) is 10.0. The summed E-state index contributed by atoms with van der Waals surface area (Å²) < 4.78 is 5.88. The molecule has 1 fully saturated rings. The number of nitrogens with zero attached hydrogens (tertiary/aromatic N) is 3. The summed E-state index contributed by atoms with van der Waals surface area (Å²) in [7, 11) is 3.52. The minimum atomic E-state index is -0.0412. The number of rotatable bonds is 7. The highest BCUT2D eigenvalue weighted by molar-refractivity contribution is 5.73. The van der Waals surface area contributed by atoms with Crippen LogP contribution in [0, 0.1) is 11.3 Å². The van der Waals surface area contributed by atoms with E-state index in [2.05, 4.69) is 16.3 Å². The average molecular weight is 393 g/mol. The third kappa shape index (κ3) is 5.72. The molecule has 29 heavy (non-hydrogen) atoms. The van der Waals surface area contributed by atoms with Gasteiger partial charge in [-0.15, -0.1) is 0 Å². The Balaban J connectivity index is 1.43. The van der Waals surface area contributed by atoms with E-state index < -0.39 is 0 Å². The summed E-state index contributed by atoms with van der Waals surface area (Å²) in [5.74, 6) is 0.848. The normalized spacial score (nSPS) is 16.2. The van der Waals surface area contributed by atoms with Crippen LogP contribution in [0.25, 0.3) is 11.1 Å². The van der Waals surface area contributed by atoms with Crippen LogP contribution < -0.4 is 10.1 Å². The number of hydrogen-bond donors (Lipinski definition) is 1. The van der Waals surface area contributed by atoms with E-state index in [-0.39, 0.29) is 12.2 Å². The van der Waals surface area contributed by atoms with Crippen LogP contribution in [0.4, 0.5) is 4.79 Å². The zero-order chi connectivity index (χ0) is 20.6. The van der Waals surface area contributed by atoms with Gasteiger partial charge in [-0.05, 0) is 54.7 Å². The maximum absolute atomic E-state index is 11.9. The maximum atomic E-state index is 11.9. The largest absolute Gasteiger partial charge is 0.494 e. The van der Waals surface area contributed by atoms with Crippen molar-refractivity contribution in [3.8, 4) is 22.9 Å². The van der Waals surface area contributed by atoms with Crippen LogP contribution >= 0.6 is 0 Å². The van der Waals surface area contributed by atoms with Crippen LogP contribution in [-0.4, -0.2) is 55.8 Å². The van der Waals surface area contributed by atoms with Crippen molar-refractivity contribution in [2.75, 3.05) is 33.8 Å². The number of likely N-dealkylation sites (tertiary alicyclic amines) is 1. The Morgan fingerprint density at radius 2 is 1.83 bits per heavy atom. The maximum Gasteiger partial charge on any atom is 0.318 e. The second kappa shape index (κ2) is 9.94. The number of hydrogen-bond acceptors (Lipinski definition) is 4. The van der Waals surface area contributed by atoms with Crippen molar-refractivity contribution < 1.29 is 9.53 Å². The molecule has 152 valence electrons. The van der Waals surface area contributed by atoms with Crippen LogP contribution in [0.2, 0.25) is 0 Å². The smallest absolute Gasteiger partial charge is 0.318 e. The molecule has 6 nitrogen and oxygen atoms in total. The van der Waals surface area contributed by atoms with E-state index in [1.54, 1.807) is 19.0 Å². The first-order chi connectivity index (χ1) is 14.1. The number of ether oxygens (including phenoxy) is 1. The Labute approximate surface area is 172 Å². The number of amides is 2. The number of benzene rings is 2. The molecule has 2 amide bonds. The van der Waals surface area contributed by atoms with Crippen LogP contribution in [0.1, 0.15) is 24.8 Å². The van der Waals surface area contributed by atoms with Gasteiger partial charge in [0.05, 0.1) is 24.4 Å². The molecule has 1 heterocycles. The van der Waals surface area contributed by atoms with Gasteiger partial charge in [0.15, 0.2) is 0 Å². The SMILES string of the molecule is CN(C)C(=O)NC1CCCN1CCCOc1ccc(-c2ccc(C#N)cc2)cc1. The number of nitrogens with one attached hydrogen (secondary N) is 1. The van der Waals surface area contributed by atoms with Crippen molar-refractivity contribution in [2.24, 2.45) is 0 Å². The Morgan fingerprint density at radius 3 is 2.45 bits per heavy atom. The van der Waals surface area contributed by atoms with E-state index in [1.807, 2.05) is 48.5 Å². The summed E-state index contributed by atoms with van der Waals surface area (Å²) in [4.78, 5) is 15.8. The van der Waals surface area contributed by atoms with E-state index >= 15 is 0 Å². The third-order valence-electron chi connectivity index (χ3n) is 5.12. The van der Waals surface area contributed by atoms with Gasteiger partial charge in [0, 0.05) is 27.2 Å². The van der Waals surface area contributed by atoms with Gasteiger partial charge in [0.1, 0.15) is 5.75 Å². The molecule has 0 bridgehead atoms. The Morgan fingerprint density at radius 1 is 1.17 bits per heavy atom. The molecule has 0 radical (unpaired) electrons. The molecule has 1 atom stereocenters. The second-order valence-corrected chi connectivity index (χ2v) is 7.45. The average Bonchev–Trinajstić information content (AvgIpc) is 3.18. The predicted octanol–water partition coefficient (Wildman–Crippen LogP) is 3.69. The van der Waals surface area contributed by atoms with Gasteiger partial charge in [-0.1, -0.05) is 24.3 Å². The van der Waals surface area contributed by atoms with Crippen molar-refractivity contribution in [3.63, 3.8) is 0 Å². The van der Waals surface area contributed by atoms with Gasteiger partial charge < -0.3 is 15.0 Å². The lowest BCUT2D eigenvalue weighted by Gasteiger charge is -2.26. The van der Waals surface area contributed by atoms with Gasteiger partial charge in [0.25, 0.3) is 0 Å². The Bertz CT molecular complexity index is 841. The lowest BCUT2D eigenvalue weighted by atomic mass is 10.0. The summed E-state index contributed by atoms with van der Waals surface area (Å²) in [6.07, 6.45) is 3.13. The molecule has 0 spiro atoms. The third-order valence-corrected chi connectivity index (χ3v) is 5.12. The van der Waals surface area contributed by atoms with Crippen LogP contribution in [0.15, 0.2) is 48.5 Å². The molecule has 1 unspecified atom stereocenters. The van der Waals surface area contributed by atoms with E-state index in [9.17, 15) is 4.79 Å². The minimum Gasteiger partial charge on any atom is -0.494 e. The molecule has 0 aliphatic carbocycles. The zero-order valence-electron chi connectivity index (χ0n) is 17.1. The predicted molar refractivity (Wildman–Crippen MR) is 114 cm³/mol. The van der Waals surface area contributed by atoms with Crippen LogP contribution in [0.3, 0.4) is 0 Å². The fourth-order valence-corrected chi connectivity index (χ4v) is 3.47. The van der Waals surface area contributed by atoms with Crippen molar-refractivity contribution in [1.29, 1.82) is 5.26 Å². The molecule has 1 aliphatic rings. The highest BCUT2D eigenvalue weighted by Gasteiger charge is 2.25. The van der Waals surface area contributed by atoms with E-state index in [0.717, 1.165) is 49.2 Å². The molecule has 3 rings (SSSR count). The van der Waals surface area contributed by atoms with Crippen molar-refractivity contribution >= 4 is 6.03 Å². The number of urea groups is 1. The number of carbonyl (C=O) groups is 1. The summed E-state index contributed by atoms with van der Waals surface area (Å²) >= 11 is 0. The molecule has 0 saturated carbocycles. The van der Waals surface area contributed by atoms with Crippen molar-refractivity contribution in [2.45, 2.75) is 25.4 Å². The Kier molecular flexibility index (Phi) is 7.09. The highest BCUT2D eigenvalue weighted by Crippen LogP contribution is 2.23. The Hall–Kier alpha value is -3.04. The number of nitriles is 1. The monoisotopic (exact) mass is 392 g/mol. The van der Waals surface area contributed by atoms with Crippen LogP contribution in [-0.2, 0) is 0 Å². The quantitative estimate of drug-likeness (QED) is 0.730. The van der Waals surface area contributed by atoms with Gasteiger partial charge in [0.2, 0.25) is 0 Å². The van der Waals surface area contributed by atoms with E-state index in [0.29, 0.717) is 12.2 Å². The summed E-state index contributed by atoms with van der Waals surface area (Å²) in [5, 5.41) is 12.0. The van der Waals surface area contributed by atoms with Crippen molar-refractivity contribution in [3.05, 3.63) is 54.1 Å². The van der Waals surface area contributed by atoms with Gasteiger partial charge >= 0.3 is 6.03 Å². The van der Waals surface area contributed by atoms with Gasteiger partial charge in [-0.2, -0.15) is 5.26 Å². The van der Waals surface area contributed by atoms with Crippen LogP contribution in [0.5, 0.6) is 5.75 Å². The molecule has 0 aromatic heterocycles. The molecule has 1 N–H and O–H groups in total. The number of carbonyl (C=O) groups excluding carboxylic acids is 1. The molecule has 2 aromatic rings. The first kappa shape index (κ1) is 20.7. The van der Waals surface area contributed by atoms with E-state index in [1.165, 1.54) is 0 Å².